The molecule has 0 rings (SSSR count). The highest BCUT2D eigenvalue weighted by Crippen LogP contribution is 2.03. The van der Waals surface area contributed by atoms with Crippen molar-refractivity contribution in [2.45, 2.75) is 34.1 Å². The second kappa shape index (κ2) is 7.69. The SMILES string of the molecule is C=C/C(=C\C=C(\C)CC)C(N)=NC=C(C)C. The van der Waals surface area contributed by atoms with E-state index in [-0.39, 0.29) is 0 Å². The second-order valence-corrected chi connectivity index (χ2v) is 3.91. The van der Waals surface area contributed by atoms with Gasteiger partial charge >= 0.3 is 0 Å². The van der Waals surface area contributed by atoms with Gasteiger partial charge in [-0.15, -0.1) is 0 Å². The van der Waals surface area contributed by atoms with Crippen LogP contribution in [0.15, 0.2) is 52.7 Å². The van der Waals surface area contributed by atoms with E-state index in [1.165, 1.54) is 5.57 Å². The fraction of sp³-hybridized carbons (Fsp3) is 0.357. The first-order chi connectivity index (χ1) is 7.51. The zero-order chi connectivity index (χ0) is 12.6. The van der Waals surface area contributed by atoms with E-state index in [0.717, 1.165) is 17.6 Å². The smallest absolute Gasteiger partial charge is 0.130 e. The Balaban J connectivity index is 4.94. The van der Waals surface area contributed by atoms with Crippen LogP contribution in [0.3, 0.4) is 0 Å². The van der Waals surface area contributed by atoms with Crippen LogP contribution in [0, 0.1) is 0 Å². The molecule has 0 radical (unpaired) electrons. The van der Waals surface area contributed by atoms with E-state index in [1.54, 1.807) is 12.3 Å². The summed E-state index contributed by atoms with van der Waals surface area (Å²) in [6.45, 7) is 11.9. The fourth-order valence-electron chi connectivity index (χ4n) is 0.881. The van der Waals surface area contributed by atoms with Crippen LogP contribution >= 0.6 is 0 Å². The van der Waals surface area contributed by atoms with Crippen LogP contribution in [-0.2, 0) is 0 Å². The number of allylic oxidation sites excluding steroid dienone is 4. The van der Waals surface area contributed by atoms with Crippen LogP contribution in [0.5, 0.6) is 0 Å². The monoisotopic (exact) mass is 218 g/mol. The average molecular weight is 218 g/mol. The van der Waals surface area contributed by atoms with E-state index in [4.69, 9.17) is 5.73 Å². The third-order valence-corrected chi connectivity index (χ3v) is 2.08. The van der Waals surface area contributed by atoms with Crippen molar-refractivity contribution in [2.75, 3.05) is 0 Å². The lowest BCUT2D eigenvalue weighted by Crippen LogP contribution is -2.12. The van der Waals surface area contributed by atoms with Crippen LogP contribution in [0.4, 0.5) is 0 Å². The molecule has 2 heteroatoms. The number of amidine groups is 1. The minimum atomic E-state index is 0.497. The average Bonchev–Trinajstić information content (AvgIpc) is 2.26. The first-order valence-corrected chi connectivity index (χ1v) is 5.48. The summed E-state index contributed by atoms with van der Waals surface area (Å²) in [6, 6.07) is 0. The van der Waals surface area contributed by atoms with Crippen LogP contribution in [0.25, 0.3) is 0 Å². The van der Waals surface area contributed by atoms with Gasteiger partial charge in [0, 0.05) is 11.8 Å². The molecule has 0 aliphatic carbocycles. The molecule has 0 heterocycles. The quantitative estimate of drug-likeness (QED) is 0.426. The van der Waals surface area contributed by atoms with Crippen molar-refractivity contribution >= 4 is 5.84 Å². The van der Waals surface area contributed by atoms with E-state index in [9.17, 15) is 0 Å². The fourth-order valence-corrected chi connectivity index (χ4v) is 0.881. The molecule has 0 aromatic heterocycles. The molecule has 0 aromatic carbocycles. The Morgan fingerprint density at radius 1 is 1.25 bits per heavy atom. The Morgan fingerprint density at radius 3 is 2.31 bits per heavy atom. The van der Waals surface area contributed by atoms with E-state index in [2.05, 4.69) is 25.4 Å². The van der Waals surface area contributed by atoms with Crippen molar-refractivity contribution in [2.24, 2.45) is 10.7 Å². The highest BCUT2D eigenvalue weighted by Gasteiger charge is 1.95. The Labute approximate surface area is 99.0 Å². The van der Waals surface area contributed by atoms with Crippen LogP contribution in [0.1, 0.15) is 34.1 Å². The van der Waals surface area contributed by atoms with Gasteiger partial charge in [-0.3, -0.25) is 0 Å². The molecular formula is C14H22N2. The zero-order valence-corrected chi connectivity index (χ0v) is 10.7. The summed E-state index contributed by atoms with van der Waals surface area (Å²) in [5.41, 5.74) is 9.11. The molecule has 0 aliphatic rings. The van der Waals surface area contributed by atoms with Crippen molar-refractivity contribution in [1.82, 2.24) is 0 Å². The zero-order valence-electron chi connectivity index (χ0n) is 10.7. The van der Waals surface area contributed by atoms with Gasteiger partial charge in [0.25, 0.3) is 0 Å². The Kier molecular flexibility index (Phi) is 6.93. The number of rotatable bonds is 5. The molecule has 16 heavy (non-hydrogen) atoms. The van der Waals surface area contributed by atoms with Crippen molar-refractivity contribution in [3.8, 4) is 0 Å². The minimum absolute atomic E-state index is 0.497. The molecule has 0 atom stereocenters. The topological polar surface area (TPSA) is 38.4 Å². The van der Waals surface area contributed by atoms with Gasteiger partial charge in [0.2, 0.25) is 0 Å². The highest BCUT2D eigenvalue weighted by molar-refractivity contribution is 6.00. The van der Waals surface area contributed by atoms with Crippen molar-refractivity contribution < 1.29 is 0 Å². The Hall–Kier alpha value is -1.57. The van der Waals surface area contributed by atoms with Gasteiger partial charge in [0.1, 0.15) is 5.84 Å². The van der Waals surface area contributed by atoms with Crippen molar-refractivity contribution in [3.05, 3.63) is 47.7 Å². The minimum Gasteiger partial charge on any atom is -0.383 e. The van der Waals surface area contributed by atoms with E-state index < -0.39 is 0 Å². The number of nitrogens with zero attached hydrogens (tertiary/aromatic N) is 1. The standard InChI is InChI=1S/C14H22N2/c1-6-12(5)8-9-13(7-2)14(15)16-10-11(3)4/h7-10H,2,6H2,1,3-5H3,(H2,15,16)/b12-8-,13-9+. The van der Waals surface area contributed by atoms with Crippen molar-refractivity contribution in [3.63, 3.8) is 0 Å². The molecule has 0 saturated heterocycles. The molecule has 2 nitrogen and oxygen atoms in total. The van der Waals surface area contributed by atoms with Crippen molar-refractivity contribution in [1.29, 1.82) is 0 Å². The van der Waals surface area contributed by atoms with E-state index >= 15 is 0 Å². The molecular weight excluding hydrogens is 196 g/mol. The maximum Gasteiger partial charge on any atom is 0.130 e. The summed E-state index contributed by atoms with van der Waals surface area (Å²) in [4.78, 5) is 4.16. The lowest BCUT2D eigenvalue weighted by Gasteiger charge is -1.99. The van der Waals surface area contributed by atoms with Gasteiger partial charge < -0.3 is 5.73 Å². The number of hydrogen-bond acceptors (Lipinski definition) is 1. The molecule has 0 amide bonds. The summed E-state index contributed by atoms with van der Waals surface area (Å²) in [5, 5.41) is 0. The lowest BCUT2D eigenvalue weighted by atomic mass is 10.1. The lowest BCUT2D eigenvalue weighted by molar-refractivity contribution is 1.10. The molecule has 0 aliphatic heterocycles. The molecule has 0 saturated carbocycles. The first kappa shape index (κ1) is 14.4. The first-order valence-electron chi connectivity index (χ1n) is 5.48. The number of nitrogens with two attached hydrogens (primary N) is 1. The summed E-state index contributed by atoms with van der Waals surface area (Å²) in [6.07, 6.45) is 8.50. The largest absolute Gasteiger partial charge is 0.383 e. The molecule has 2 N–H and O–H groups in total. The van der Waals surface area contributed by atoms with E-state index in [0.29, 0.717) is 5.84 Å². The number of aliphatic imine (C=N–C) groups is 1. The third kappa shape index (κ3) is 6.02. The summed E-state index contributed by atoms with van der Waals surface area (Å²) in [7, 11) is 0. The Morgan fingerprint density at radius 2 is 1.88 bits per heavy atom. The second-order valence-electron chi connectivity index (χ2n) is 3.91. The number of hydrogen-bond donors (Lipinski definition) is 1. The molecule has 0 fully saturated rings. The van der Waals surface area contributed by atoms with E-state index in [1.807, 2.05) is 26.0 Å². The maximum atomic E-state index is 5.84. The molecule has 88 valence electrons. The summed E-state index contributed by atoms with van der Waals surface area (Å²) >= 11 is 0. The normalized spacial score (nSPS) is 13.6. The predicted octanol–water partition coefficient (Wildman–Crippen LogP) is 3.74. The maximum absolute atomic E-state index is 5.84. The summed E-state index contributed by atoms with van der Waals surface area (Å²) in [5.74, 6) is 0.497. The van der Waals surface area contributed by atoms with Gasteiger partial charge in [0.05, 0.1) is 0 Å². The Bertz CT molecular complexity index is 351. The van der Waals surface area contributed by atoms with Crippen LogP contribution in [0.2, 0.25) is 0 Å². The van der Waals surface area contributed by atoms with Crippen LogP contribution in [-0.4, -0.2) is 5.84 Å². The molecule has 0 bridgehead atoms. The highest BCUT2D eigenvalue weighted by atomic mass is 14.8. The van der Waals surface area contributed by atoms with Gasteiger partial charge in [-0.05, 0) is 27.2 Å². The third-order valence-electron chi connectivity index (χ3n) is 2.08. The predicted molar refractivity (Wildman–Crippen MR) is 73.4 cm³/mol. The van der Waals surface area contributed by atoms with Gasteiger partial charge in [-0.25, -0.2) is 4.99 Å². The molecule has 0 unspecified atom stereocenters. The van der Waals surface area contributed by atoms with Gasteiger partial charge in [-0.1, -0.05) is 42.9 Å². The molecule has 0 spiro atoms. The van der Waals surface area contributed by atoms with Crippen LogP contribution < -0.4 is 5.73 Å². The van der Waals surface area contributed by atoms with Gasteiger partial charge in [0.15, 0.2) is 0 Å². The van der Waals surface area contributed by atoms with Gasteiger partial charge in [-0.2, -0.15) is 0 Å². The molecule has 0 aromatic rings. The summed E-state index contributed by atoms with van der Waals surface area (Å²) < 4.78 is 0.